The van der Waals surface area contributed by atoms with Crippen molar-refractivity contribution in [3.63, 3.8) is 0 Å². The van der Waals surface area contributed by atoms with Crippen LogP contribution in [0.5, 0.6) is 0 Å². The van der Waals surface area contributed by atoms with E-state index in [1.54, 1.807) is 0 Å². The zero-order chi connectivity index (χ0) is 16.8. The van der Waals surface area contributed by atoms with Gasteiger partial charge in [-0.1, -0.05) is 30.3 Å². The maximum Gasteiger partial charge on any atom is 0.0644 e. The van der Waals surface area contributed by atoms with Crippen molar-refractivity contribution in [2.45, 2.75) is 39.4 Å². The van der Waals surface area contributed by atoms with Crippen LogP contribution in [-0.4, -0.2) is 45.2 Å². The molecule has 0 bridgehead atoms. The highest BCUT2D eigenvalue weighted by Gasteiger charge is 2.20. The second-order valence-electron chi connectivity index (χ2n) is 5.95. The van der Waals surface area contributed by atoms with Crippen molar-refractivity contribution in [2.24, 2.45) is 0 Å². The Kier molecular flexibility index (Phi) is 6.33. The Morgan fingerprint density at radius 2 is 1.83 bits per heavy atom. The number of benzene rings is 1. The third-order valence-electron chi connectivity index (χ3n) is 4.37. The molecule has 0 radical (unpaired) electrons. The summed E-state index contributed by atoms with van der Waals surface area (Å²) in [5.41, 5.74) is 4.50. The number of aromatic nitrogens is 2. The van der Waals surface area contributed by atoms with E-state index in [9.17, 15) is 5.11 Å². The third kappa shape index (κ3) is 4.19. The molecular formula is C18H27N3O2. The van der Waals surface area contributed by atoms with E-state index in [1.165, 1.54) is 11.1 Å². The van der Waals surface area contributed by atoms with Gasteiger partial charge in [0.15, 0.2) is 0 Å². The molecule has 0 amide bonds. The van der Waals surface area contributed by atoms with Gasteiger partial charge in [0, 0.05) is 30.5 Å². The number of aliphatic hydroxyl groups excluding tert-OH is 2. The molecule has 1 unspecified atom stereocenters. The highest BCUT2D eigenvalue weighted by Crippen LogP contribution is 2.26. The first kappa shape index (κ1) is 17.7. The average Bonchev–Trinajstić information content (AvgIpc) is 2.81. The van der Waals surface area contributed by atoms with Gasteiger partial charge in [-0.3, -0.25) is 9.58 Å². The Balaban J connectivity index is 2.20. The zero-order valence-electron chi connectivity index (χ0n) is 14.2. The van der Waals surface area contributed by atoms with Gasteiger partial charge in [0.1, 0.15) is 0 Å². The molecule has 2 aromatic rings. The van der Waals surface area contributed by atoms with Crippen LogP contribution in [0.15, 0.2) is 30.3 Å². The molecular weight excluding hydrogens is 290 g/mol. The molecule has 0 fully saturated rings. The summed E-state index contributed by atoms with van der Waals surface area (Å²) in [6.45, 7) is 5.59. The van der Waals surface area contributed by atoms with Crippen molar-refractivity contribution in [3.8, 4) is 0 Å². The van der Waals surface area contributed by atoms with Crippen LogP contribution in [0.25, 0.3) is 0 Å². The van der Waals surface area contributed by atoms with E-state index in [1.807, 2.05) is 36.7 Å². The first-order valence-corrected chi connectivity index (χ1v) is 8.08. The minimum absolute atomic E-state index is 0.0917. The highest BCUT2D eigenvalue weighted by molar-refractivity contribution is 5.25. The largest absolute Gasteiger partial charge is 0.396 e. The van der Waals surface area contributed by atoms with Crippen molar-refractivity contribution >= 4 is 0 Å². The minimum atomic E-state index is 0.0917. The van der Waals surface area contributed by atoms with Gasteiger partial charge in [-0.2, -0.15) is 5.10 Å². The summed E-state index contributed by atoms with van der Waals surface area (Å²) < 4.78 is 1.86. The Morgan fingerprint density at radius 3 is 2.43 bits per heavy atom. The van der Waals surface area contributed by atoms with Crippen LogP contribution in [0.3, 0.4) is 0 Å². The van der Waals surface area contributed by atoms with Crippen LogP contribution in [0.1, 0.15) is 35.0 Å². The molecule has 1 aromatic heterocycles. The fourth-order valence-electron chi connectivity index (χ4n) is 3.07. The number of aryl methyl sites for hydroxylation is 1. The van der Waals surface area contributed by atoms with Crippen molar-refractivity contribution in [3.05, 3.63) is 52.8 Å². The van der Waals surface area contributed by atoms with Gasteiger partial charge in [0.05, 0.1) is 18.8 Å². The van der Waals surface area contributed by atoms with Crippen molar-refractivity contribution in [1.82, 2.24) is 14.7 Å². The maximum absolute atomic E-state index is 9.43. The smallest absolute Gasteiger partial charge is 0.0644 e. The molecule has 126 valence electrons. The molecule has 0 saturated heterocycles. The number of nitrogens with zero attached hydrogens (tertiary/aromatic N) is 3. The van der Waals surface area contributed by atoms with Crippen LogP contribution in [-0.2, 0) is 13.1 Å². The summed E-state index contributed by atoms with van der Waals surface area (Å²) in [4.78, 5) is 2.26. The third-order valence-corrected chi connectivity index (χ3v) is 4.37. The molecule has 5 nitrogen and oxygen atoms in total. The van der Waals surface area contributed by atoms with Gasteiger partial charge < -0.3 is 10.2 Å². The molecule has 0 saturated carbocycles. The van der Waals surface area contributed by atoms with Crippen LogP contribution < -0.4 is 0 Å². The second-order valence-corrected chi connectivity index (χ2v) is 5.95. The first-order chi connectivity index (χ1) is 11.1. The van der Waals surface area contributed by atoms with Crippen molar-refractivity contribution < 1.29 is 10.2 Å². The number of hydrogen-bond donors (Lipinski definition) is 2. The van der Waals surface area contributed by atoms with Crippen LogP contribution in [0, 0.1) is 13.8 Å². The molecule has 2 N–H and O–H groups in total. The molecule has 5 heteroatoms. The SMILES string of the molecule is Cc1nn(CCO)c(C)c1CN(C)C(CCO)c1ccccc1. The maximum atomic E-state index is 9.43. The standard InChI is InChI=1S/C18H27N3O2/c1-14-17(15(2)21(19-14)10-12-23)13-20(3)18(9-11-22)16-7-5-4-6-8-16/h4-8,18,22-23H,9-13H2,1-3H3. The van der Waals surface area contributed by atoms with E-state index >= 15 is 0 Å². The lowest BCUT2D eigenvalue weighted by atomic mass is 10.0. The summed E-state index contributed by atoms with van der Waals surface area (Å²) in [6.07, 6.45) is 0.698. The van der Waals surface area contributed by atoms with Gasteiger partial charge in [-0.15, -0.1) is 0 Å². The predicted molar refractivity (Wildman–Crippen MR) is 91.1 cm³/mol. The van der Waals surface area contributed by atoms with Gasteiger partial charge in [0.2, 0.25) is 0 Å². The Hall–Kier alpha value is -1.69. The van der Waals surface area contributed by atoms with E-state index in [0.717, 1.165) is 17.9 Å². The summed E-state index contributed by atoms with van der Waals surface area (Å²) in [6, 6.07) is 10.4. The van der Waals surface area contributed by atoms with Gasteiger partial charge in [0.25, 0.3) is 0 Å². The molecule has 1 aromatic carbocycles. The van der Waals surface area contributed by atoms with E-state index in [-0.39, 0.29) is 19.3 Å². The second kappa shape index (κ2) is 8.24. The summed E-state index contributed by atoms with van der Waals surface area (Å²) in [5, 5.41) is 23.1. The van der Waals surface area contributed by atoms with Crippen LogP contribution >= 0.6 is 0 Å². The topological polar surface area (TPSA) is 61.5 Å². The Labute approximate surface area is 138 Å². The molecule has 2 rings (SSSR count). The average molecular weight is 317 g/mol. The quantitative estimate of drug-likeness (QED) is 0.782. The summed E-state index contributed by atoms with van der Waals surface area (Å²) >= 11 is 0. The van der Waals surface area contributed by atoms with Gasteiger partial charge in [-0.25, -0.2) is 0 Å². The van der Waals surface area contributed by atoms with Crippen LogP contribution in [0.2, 0.25) is 0 Å². The van der Waals surface area contributed by atoms with Crippen molar-refractivity contribution in [1.29, 1.82) is 0 Å². The fraction of sp³-hybridized carbons (Fsp3) is 0.500. The summed E-state index contributed by atoms with van der Waals surface area (Å²) in [7, 11) is 2.08. The normalized spacial score (nSPS) is 12.8. The zero-order valence-corrected chi connectivity index (χ0v) is 14.2. The molecule has 1 atom stereocenters. The monoisotopic (exact) mass is 317 g/mol. The molecule has 0 spiro atoms. The molecule has 0 aliphatic carbocycles. The van der Waals surface area contributed by atoms with E-state index in [4.69, 9.17) is 5.11 Å². The number of rotatable bonds is 8. The van der Waals surface area contributed by atoms with E-state index in [0.29, 0.717) is 13.0 Å². The Morgan fingerprint density at radius 1 is 1.13 bits per heavy atom. The highest BCUT2D eigenvalue weighted by atomic mass is 16.3. The van der Waals surface area contributed by atoms with E-state index < -0.39 is 0 Å². The first-order valence-electron chi connectivity index (χ1n) is 8.08. The van der Waals surface area contributed by atoms with Crippen molar-refractivity contribution in [2.75, 3.05) is 20.3 Å². The summed E-state index contributed by atoms with van der Waals surface area (Å²) in [5.74, 6) is 0. The fourth-order valence-corrected chi connectivity index (χ4v) is 3.07. The molecule has 0 aliphatic heterocycles. The lowest BCUT2D eigenvalue weighted by molar-refractivity contribution is 0.179. The van der Waals surface area contributed by atoms with Gasteiger partial charge >= 0.3 is 0 Å². The van der Waals surface area contributed by atoms with Gasteiger partial charge in [-0.05, 0) is 32.9 Å². The lowest BCUT2D eigenvalue weighted by Crippen LogP contribution is -2.25. The Bertz CT molecular complexity index is 610. The number of hydrogen-bond acceptors (Lipinski definition) is 4. The minimum Gasteiger partial charge on any atom is -0.396 e. The predicted octanol–water partition coefficient (Wildman–Crippen LogP) is 2.05. The lowest BCUT2D eigenvalue weighted by Gasteiger charge is -2.28. The van der Waals surface area contributed by atoms with Crippen LogP contribution in [0.4, 0.5) is 0 Å². The molecule has 0 aliphatic rings. The molecule has 1 heterocycles. The molecule has 23 heavy (non-hydrogen) atoms. The van der Waals surface area contributed by atoms with E-state index in [2.05, 4.69) is 29.2 Å². The number of aliphatic hydroxyl groups is 2.